The molecule has 0 bridgehead atoms. The molecule has 1 fully saturated rings. The van der Waals surface area contributed by atoms with Gasteiger partial charge in [0.25, 0.3) is 0 Å². The molecule has 0 aromatic heterocycles. The van der Waals surface area contributed by atoms with Gasteiger partial charge in [-0.3, -0.25) is 0 Å². The second-order valence-corrected chi connectivity index (χ2v) is 6.36. The maximum absolute atomic E-state index is 5.81. The molecule has 1 heterocycles. The number of nitrogens with zero attached hydrogens (tertiary/aromatic N) is 1. The van der Waals surface area contributed by atoms with Crippen LogP contribution in [0.4, 0.5) is 5.69 Å². The molecular weight excluding hydrogens is 276 g/mol. The minimum Gasteiger partial charge on any atom is -0.365 e. The molecule has 1 saturated heterocycles. The third kappa shape index (κ3) is 2.66. The zero-order valence-electron chi connectivity index (χ0n) is 10.6. The molecule has 2 rings (SSSR count). The van der Waals surface area contributed by atoms with Gasteiger partial charge in [-0.05, 0) is 67.2 Å². The summed E-state index contributed by atoms with van der Waals surface area (Å²) in [6.07, 6.45) is 2.37. The lowest BCUT2D eigenvalue weighted by Gasteiger charge is -2.47. The van der Waals surface area contributed by atoms with Crippen molar-refractivity contribution in [2.24, 2.45) is 11.7 Å². The number of benzene rings is 1. The summed E-state index contributed by atoms with van der Waals surface area (Å²) in [5.41, 5.74) is 7.30. The zero-order valence-corrected chi connectivity index (χ0v) is 12.2. The fraction of sp³-hybridized carbons (Fsp3) is 0.571. The van der Waals surface area contributed by atoms with Gasteiger partial charge in [-0.2, -0.15) is 0 Å². The Labute approximate surface area is 112 Å². The van der Waals surface area contributed by atoms with Crippen LogP contribution in [0.25, 0.3) is 0 Å². The second-order valence-electron chi connectivity index (χ2n) is 5.51. The van der Waals surface area contributed by atoms with Gasteiger partial charge in [0.2, 0.25) is 0 Å². The Morgan fingerprint density at radius 2 is 2.12 bits per heavy atom. The first kappa shape index (κ1) is 12.9. The molecule has 2 nitrogen and oxygen atoms in total. The molecule has 17 heavy (non-hydrogen) atoms. The van der Waals surface area contributed by atoms with Crippen LogP contribution in [-0.4, -0.2) is 18.6 Å². The van der Waals surface area contributed by atoms with Gasteiger partial charge < -0.3 is 10.6 Å². The number of nitrogens with two attached hydrogens (primary N) is 1. The highest BCUT2D eigenvalue weighted by Gasteiger charge is 2.34. The van der Waals surface area contributed by atoms with E-state index in [4.69, 9.17) is 5.73 Å². The summed E-state index contributed by atoms with van der Waals surface area (Å²) >= 11 is 3.65. The summed E-state index contributed by atoms with van der Waals surface area (Å²) in [4.78, 5) is 2.50. The van der Waals surface area contributed by atoms with Crippen LogP contribution in [0.3, 0.4) is 0 Å². The Hall–Kier alpha value is -0.540. The predicted octanol–water partition coefficient (Wildman–Crippen LogP) is 3.40. The number of rotatable bonds is 2. The summed E-state index contributed by atoms with van der Waals surface area (Å²) in [7, 11) is 0. The molecule has 0 spiro atoms. The molecule has 1 aromatic rings. The summed E-state index contributed by atoms with van der Waals surface area (Å²) in [6, 6.07) is 8.47. The molecule has 1 aromatic carbocycles. The summed E-state index contributed by atoms with van der Waals surface area (Å²) in [5.74, 6) is 0.670. The van der Waals surface area contributed by atoms with Crippen molar-refractivity contribution in [3.63, 3.8) is 0 Å². The Kier molecular flexibility index (Phi) is 3.79. The Balaban J connectivity index is 2.25. The van der Waals surface area contributed by atoms with Crippen LogP contribution in [0.5, 0.6) is 0 Å². The topological polar surface area (TPSA) is 29.3 Å². The number of piperidine rings is 1. The van der Waals surface area contributed by atoms with E-state index in [0.29, 0.717) is 5.92 Å². The standard InChI is InChI=1S/C14H21BrN2/c1-14(2)9-11(10-16)7-8-17(14)13-6-4-3-5-12(13)15/h3-6,11H,7-10,16H2,1-2H3. The maximum Gasteiger partial charge on any atom is 0.0515 e. The minimum absolute atomic E-state index is 0.187. The highest BCUT2D eigenvalue weighted by Crippen LogP contribution is 2.38. The van der Waals surface area contributed by atoms with Gasteiger partial charge in [0, 0.05) is 16.6 Å². The predicted molar refractivity (Wildman–Crippen MR) is 77.3 cm³/mol. The molecule has 0 amide bonds. The Bertz CT molecular complexity index is 390. The van der Waals surface area contributed by atoms with Gasteiger partial charge in [-0.15, -0.1) is 0 Å². The van der Waals surface area contributed by atoms with Crippen LogP contribution in [-0.2, 0) is 0 Å². The van der Waals surface area contributed by atoms with Crippen molar-refractivity contribution in [1.29, 1.82) is 0 Å². The molecule has 0 aliphatic carbocycles. The number of hydrogen-bond donors (Lipinski definition) is 1. The molecular formula is C14H21BrN2. The molecule has 0 saturated carbocycles. The molecule has 1 atom stereocenters. The highest BCUT2D eigenvalue weighted by molar-refractivity contribution is 9.10. The van der Waals surface area contributed by atoms with E-state index >= 15 is 0 Å². The van der Waals surface area contributed by atoms with E-state index in [1.165, 1.54) is 23.0 Å². The average molecular weight is 297 g/mol. The van der Waals surface area contributed by atoms with E-state index in [-0.39, 0.29) is 5.54 Å². The van der Waals surface area contributed by atoms with Gasteiger partial charge in [-0.25, -0.2) is 0 Å². The zero-order chi connectivity index (χ0) is 12.5. The van der Waals surface area contributed by atoms with E-state index < -0.39 is 0 Å². The fourth-order valence-electron chi connectivity index (χ4n) is 2.85. The first-order valence-electron chi connectivity index (χ1n) is 6.27. The Morgan fingerprint density at radius 3 is 2.71 bits per heavy atom. The number of para-hydroxylation sites is 1. The van der Waals surface area contributed by atoms with E-state index in [0.717, 1.165) is 13.1 Å². The van der Waals surface area contributed by atoms with E-state index in [1.54, 1.807) is 0 Å². The first-order chi connectivity index (χ1) is 8.04. The van der Waals surface area contributed by atoms with Gasteiger partial charge >= 0.3 is 0 Å². The fourth-order valence-corrected chi connectivity index (χ4v) is 3.35. The van der Waals surface area contributed by atoms with Gasteiger partial charge in [0.15, 0.2) is 0 Å². The van der Waals surface area contributed by atoms with E-state index in [9.17, 15) is 0 Å². The van der Waals surface area contributed by atoms with E-state index in [1.807, 2.05) is 0 Å². The third-order valence-corrected chi connectivity index (χ3v) is 4.43. The molecule has 94 valence electrons. The highest BCUT2D eigenvalue weighted by atomic mass is 79.9. The van der Waals surface area contributed by atoms with E-state index in [2.05, 4.69) is 58.9 Å². The first-order valence-corrected chi connectivity index (χ1v) is 7.06. The van der Waals surface area contributed by atoms with Gasteiger partial charge in [0.05, 0.1) is 5.69 Å². The summed E-state index contributed by atoms with van der Waals surface area (Å²) < 4.78 is 1.18. The van der Waals surface area contributed by atoms with Crippen molar-refractivity contribution in [3.05, 3.63) is 28.7 Å². The lowest BCUT2D eigenvalue weighted by atomic mass is 9.82. The number of halogens is 1. The molecule has 1 aliphatic rings. The SMILES string of the molecule is CC1(C)CC(CN)CCN1c1ccccc1Br. The normalized spacial score (nSPS) is 23.8. The van der Waals surface area contributed by atoms with Gasteiger partial charge in [-0.1, -0.05) is 12.1 Å². The largest absolute Gasteiger partial charge is 0.365 e. The minimum atomic E-state index is 0.187. The van der Waals surface area contributed by atoms with Crippen molar-refractivity contribution >= 4 is 21.6 Å². The van der Waals surface area contributed by atoms with Crippen molar-refractivity contribution in [3.8, 4) is 0 Å². The molecule has 3 heteroatoms. The lowest BCUT2D eigenvalue weighted by Crippen LogP contribution is -2.51. The molecule has 1 unspecified atom stereocenters. The monoisotopic (exact) mass is 296 g/mol. The van der Waals surface area contributed by atoms with Crippen LogP contribution in [0, 0.1) is 5.92 Å². The smallest absolute Gasteiger partial charge is 0.0515 e. The molecule has 0 radical (unpaired) electrons. The van der Waals surface area contributed by atoms with Crippen molar-refractivity contribution in [2.75, 3.05) is 18.0 Å². The summed E-state index contributed by atoms with van der Waals surface area (Å²) in [5, 5.41) is 0. The molecule has 2 N–H and O–H groups in total. The lowest BCUT2D eigenvalue weighted by molar-refractivity contribution is 0.278. The van der Waals surface area contributed by atoms with Crippen LogP contribution in [0.2, 0.25) is 0 Å². The Morgan fingerprint density at radius 1 is 1.41 bits per heavy atom. The number of hydrogen-bond acceptors (Lipinski definition) is 2. The second kappa shape index (κ2) is 4.99. The molecule has 1 aliphatic heterocycles. The third-order valence-electron chi connectivity index (χ3n) is 3.76. The van der Waals surface area contributed by atoms with Crippen molar-refractivity contribution in [1.82, 2.24) is 0 Å². The summed E-state index contributed by atoms with van der Waals surface area (Å²) in [6.45, 7) is 6.53. The van der Waals surface area contributed by atoms with Crippen molar-refractivity contribution in [2.45, 2.75) is 32.2 Å². The van der Waals surface area contributed by atoms with Crippen LogP contribution < -0.4 is 10.6 Å². The average Bonchev–Trinajstić information content (AvgIpc) is 2.29. The maximum atomic E-state index is 5.81. The van der Waals surface area contributed by atoms with Crippen LogP contribution >= 0.6 is 15.9 Å². The van der Waals surface area contributed by atoms with Crippen LogP contribution in [0.15, 0.2) is 28.7 Å². The quantitative estimate of drug-likeness (QED) is 0.906. The number of anilines is 1. The van der Waals surface area contributed by atoms with Gasteiger partial charge in [0.1, 0.15) is 0 Å². The van der Waals surface area contributed by atoms with Crippen molar-refractivity contribution < 1.29 is 0 Å². The van der Waals surface area contributed by atoms with Crippen LogP contribution in [0.1, 0.15) is 26.7 Å².